The largest absolute Gasteiger partial charge is 0.340 e. The fraction of sp³-hybridized carbons (Fsp3) is 0.318. The molecule has 1 aliphatic rings. The van der Waals surface area contributed by atoms with Gasteiger partial charge in [-0.25, -0.2) is 4.39 Å². The van der Waals surface area contributed by atoms with Crippen molar-refractivity contribution >= 4 is 16.8 Å². The highest BCUT2D eigenvalue weighted by Gasteiger charge is 2.27. The van der Waals surface area contributed by atoms with Crippen molar-refractivity contribution in [2.45, 2.75) is 32.2 Å². The minimum absolute atomic E-state index is 0.00311. The molecule has 0 aliphatic carbocycles. The molecular formula is C22H23FN2O. The zero-order valence-electron chi connectivity index (χ0n) is 15.0. The molecule has 1 amide bonds. The molecule has 2 heterocycles. The maximum Gasteiger partial charge on any atom is 0.270 e. The van der Waals surface area contributed by atoms with E-state index in [0.29, 0.717) is 17.8 Å². The second-order valence-electron chi connectivity index (χ2n) is 7.03. The first-order valence-electron chi connectivity index (χ1n) is 9.26. The first-order valence-corrected chi connectivity index (χ1v) is 9.26. The number of para-hydroxylation sites is 1. The van der Waals surface area contributed by atoms with Gasteiger partial charge in [0, 0.05) is 25.5 Å². The lowest BCUT2D eigenvalue weighted by Crippen LogP contribution is -2.32. The molecule has 0 atom stereocenters. The lowest BCUT2D eigenvalue weighted by Gasteiger charge is -2.22. The van der Waals surface area contributed by atoms with Gasteiger partial charge in [-0.05, 0) is 42.9 Å². The predicted octanol–water partition coefficient (Wildman–Crippen LogP) is 4.43. The topological polar surface area (TPSA) is 25.2 Å². The van der Waals surface area contributed by atoms with Crippen LogP contribution in [-0.2, 0) is 19.4 Å². The van der Waals surface area contributed by atoms with Crippen molar-refractivity contribution in [3.8, 4) is 0 Å². The van der Waals surface area contributed by atoms with E-state index in [2.05, 4.69) is 12.1 Å². The van der Waals surface area contributed by atoms with Crippen molar-refractivity contribution in [1.82, 2.24) is 9.47 Å². The van der Waals surface area contributed by atoms with Gasteiger partial charge < -0.3 is 9.47 Å². The summed E-state index contributed by atoms with van der Waals surface area (Å²) in [6, 6.07) is 15.3. The zero-order chi connectivity index (χ0) is 18.1. The number of aryl methyl sites for hydroxylation is 3. The Morgan fingerprint density at radius 1 is 1.04 bits per heavy atom. The molecule has 4 heteroatoms. The lowest BCUT2D eigenvalue weighted by atomic mass is 10.0. The molecule has 1 aromatic heterocycles. The van der Waals surface area contributed by atoms with E-state index in [4.69, 9.17) is 0 Å². The Kier molecular flexibility index (Phi) is 4.49. The summed E-state index contributed by atoms with van der Waals surface area (Å²) < 4.78 is 16.7. The van der Waals surface area contributed by atoms with Crippen LogP contribution in [0.3, 0.4) is 0 Å². The summed E-state index contributed by atoms with van der Waals surface area (Å²) >= 11 is 0. The molecule has 0 saturated carbocycles. The van der Waals surface area contributed by atoms with Crippen molar-refractivity contribution in [1.29, 1.82) is 0 Å². The Balaban J connectivity index is 1.86. The minimum atomic E-state index is -0.252. The summed E-state index contributed by atoms with van der Waals surface area (Å²) in [6.07, 6.45) is 3.59. The number of amides is 1. The van der Waals surface area contributed by atoms with Crippen molar-refractivity contribution in [2.24, 2.45) is 0 Å². The van der Waals surface area contributed by atoms with Crippen LogP contribution in [0.25, 0.3) is 10.9 Å². The summed E-state index contributed by atoms with van der Waals surface area (Å²) in [6.45, 7) is 1.34. The van der Waals surface area contributed by atoms with Crippen LogP contribution >= 0.6 is 0 Å². The van der Waals surface area contributed by atoms with Gasteiger partial charge in [-0.15, -0.1) is 0 Å². The molecule has 3 aromatic rings. The second-order valence-corrected chi connectivity index (χ2v) is 7.03. The molecule has 4 rings (SSSR count). The van der Waals surface area contributed by atoms with Crippen LogP contribution in [0.1, 0.15) is 34.5 Å². The van der Waals surface area contributed by atoms with E-state index in [1.165, 1.54) is 11.6 Å². The highest BCUT2D eigenvalue weighted by Crippen LogP contribution is 2.32. The molecule has 3 nitrogen and oxygen atoms in total. The Bertz CT molecular complexity index is 946. The van der Waals surface area contributed by atoms with E-state index in [-0.39, 0.29) is 11.7 Å². The van der Waals surface area contributed by atoms with Crippen LogP contribution in [0.2, 0.25) is 0 Å². The molecule has 26 heavy (non-hydrogen) atoms. The maximum atomic E-state index is 14.7. The molecule has 0 spiro atoms. The molecule has 134 valence electrons. The van der Waals surface area contributed by atoms with Gasteiger partial charge in [0.25, 0.3) is 5.91 Å². The summed E-state index contributed by atoms with van der Waals surface area (Å²) in [4.78, 5) is 14.9. The summed E-state index contributed by atoms with van der Waals surface area (Å²) in [5.41, 5.74) is 3.43. The van der Waals surface area contributed by atoms with Gasteiger partial charge in [0.1, 0.15) is 11.5 Å². The number of fused-ring (bicyclic) bond motifs is 3. The Morgan fingerprint density at radius 3 is 2.65 bits per heavy atom. The number of aromatic nitrogens is 1. The SMILES string of the molecule is CN1CCCCc2c(n(CCc3ccccc3)c3c(F)cccc23)C1=O. The van der Waals surface area contributed by atoms with Gasteiger partial charge in [0.15, 0.2) is 0 Å². The van der Waals surface area contributed by atoms with E-state index < -0.39 is 0 Å². The fourth-order valence-electron chi connectivity index (χ4n) is 3.98. The number of benzene rings is 2. The highest BCUT2D eigenvalue weighted by atomic mass is 19.1. The lowest BCUT2D eigenvalue weighted by molar-refractivity contribution is 0.0777. The number of rotatable bonds is 3. The summed E-state index contributed by atoms with van der Waals surface area (Å²) in [5, 5.41) is 0.886. The van der Waals surface area contributed by atoms with Crippen molar-refractivity contribution in [3.05, 3.63) is 71.2 Å². The van der Waals surface area contributed by atoms with Crippen LogP contribution in [0.5, 0.6) is 0 Å². The predicted molar refractivity (Wildman–Crippen MR) is 102 cm³/mol. The van der Waals surface area contributed by atoms with Crippen LogP contribution in [0, 0.1) is 5.82 Å². The number of carbonyl (C=O) groups is 1. The third kappa shape index (κ3) is 2.90. The van der Waals surface area contributed by atoms with Gasteiger partial charge in [-0.2, -0.15) is 0 Å². The molecule has 2 aromatic carbocycles. The number of nitrogens with zero attached hydrogens (tertiary/aromatic N) is 2. The Morgan fingerprint density at radius 2 is 1.85 bits per heavy atom. The normalized spacial score (nSPS) is 15.0. The standard InChI is InChI=1S/C22H23FN2O/c1-24-14-6-5-10-18-17-11-7-12-19(23)20(17)25(21(18)22(24)26)15-13-16-8-3-2-4-9-16/h2-4,7-9,11-12H,5-6,10,13-15H2,1H3. The zero-order valence-corrected chi connectivity index (χ0v) is 15.0. The van der Waals surface area contributed by atoms with Gasteiger partial charge in [-0.3, -0.25) is 4.79 Å². The highest BCUT2D eigenvalue weighted by molar-refractivity contribution is 6.02. The molecule has 1 aliphatic heterocycles. The summed E-state index contributed by atoms with van der Waals surface area (Å²) in [7, 11) is 1.84. The first kappa shape index (κ1) is 16.8. The average Bonchev–Trinajstić information content (AvgIpc) is 2.97. The van der Waals surface area contributed by atoms with Crippen molar-refractivity contribution in [3.63, 3.8) is 0 Å². The van der Waals surface area contributed by atoms with E-state index in [0.717, 1.165) is 43.2 Å². The number of hydrogen-bond donors (Lipinski definition) is 0. The minimum Gasteiger partial charge on any atom is -0.340 e. The average molecular weight is 350 g/mol. The van der Waals surface area contributed by atoms with E-state index >= 15 is 0 Å². The molecule has 0 fully saturated rings. The molecule has 0 saturated heterocycles. The third-order valence-electron chi connectivity index (χ3n) is 5.32. The smallest absolute Gasteiger partial charge is 0.270 e. The van der Waals surface area contributed by atoms with Crippen LogP contribution in [0.15, 0.2) is 48.5 Å². The van der Waals surface area contributed by atoms with Gasteiger partial charge in [0.2, 0.25) is 0 Å². The van der Waals surface area contributed by atoms with E-state index in [9.17, 15) is 9.18 Å². The van der Waals surface area contributed by atoms with E-state index in [1.54, 1.807) is 11.0 Å². The van der Waals surface area contributed by atoms with Gasteiger partial charge in [-0.1, -0.05) is 42.5 Å². The van der Waals surface area contributed by atoms with Crippen molar-refractivity contribution < 1.29 is 9.18 Å². The number of carbonyl (C=O) groups excluding carboxylic acids is 1. The first-order chi connectivity index (χ1) is 12.7. The second kappa shape index (κ2) is 6.94. The molecule has 0 bridgehead atoms. The molecule has 0 N–H and O–H groups in total. The quantitative estimate of drug-likeness (QED) is 0.686. The molecule has 0 radical (unpaired) electrons. The Labute approximate surface area is 153 Å². The van der Waals surface area contributed by atoms with Crippen LogP contribution in [-0.4, -0.2) is 29.0 Å². The maximum absolute atomic E-state index is 14.7. The third-order valence-corrected chi connectivity index (χ3v) is 5.32. The van der Waals surface area contributed by atoms with Gasteiger partial charge in [0.05, 0.1) is 5.52 Å². The molecule has 0 unspecified atom stereocenters. The number of hydrogen-bond acceptors (Lipinski definition) is 1. The van der Waals surface area contributed by atoms with Crippen molar-refractivity contribution in [2.75, 3.05) is 13.6 Å². The van der Waals surface area contributed by atoms with Gasteiger partial charge >= 0.3 is 0 Å². The summed E-state index contributed by atoms with van der Waals surface area (Å²) in [5.74, 6) is -0.249. The van der Waals surface area contributed by atoms with Crippen LogP contribution in [0.4, 0.5) is 4.39 Å². The Hall–Kier alpha value is -2.62. The molecular weight excluding hydrogens is 327 g/mol. The monoisotopic (exact) mass is 350 g/mol. The van der Waals surface area contributed by atoms with E-state index in [1.807, 2.05) is 35.9 Å². The number of halogens is 1. The fourth-order valence-corrected chi connectivity index (χ4v) is 3.98. The van der Waals surface area contributed by atoms with Crippen LogP contribution < -0.4 is 0 Å².